The SMILES string of the molecule is CCNC(c1cc(Br)ccc1F)c1c(F)ccc(C)c1F. The number of nitrogens with one attached hydrogen (secondary N) is 1. The van der Waals surface area contributed by atoms with E-state index < -0.39 is 23.5 Å². The number of aryl methyl sites for hydroxylation is 1. The van der Waals surface area contributed by atoms with Crippen LogP contribution in [0.5, 0.6) is 0 Å². The molecule has 2 rings (SSSR count). The quantitative estimate of drug-likeness (QED) is 0.822. The topological polar surface area (TPSA) is 12.0 Å². The predicted octanol–water partition coefficient (Wildman–Crippen LogP) is 4.87. The maximum absolute atomic E-state index is 14.3. The van der Waals surface area contributed by atoms with E-state index in [1.165, 1.54) is 24.3 Å². The minimum Gasteiger partial charge on any atom is -0.306 e. The van der Waals surface area contributed by atoms with Gasteiger partial charge in [0.15, 0.2) is 0 Å². The molecule has 0 saturated carbocycles. The van der Waals surface area contributed by atoms with E-state index in [1.807, 2.05) is 0 Å². The highest BCUT2D eigenvalue weighted by atomic mass is 79.9. The molecule has 1 nitrogen and oxygen atoms in total. The molecule has 0 aliphatic heterocycles. The van der Waals surface area contributed by atoms with E-state index in [1.54, 1.807) is 19.9 Å². The van der Waals surface area contributed by atoms with Crippen molar-refractivity contribution in [3.8, 4) is 0 Å². The zero-order chi connectivity index (χ0) is 15.6. The number of rotatable bonds is 4. The highest BCUT2D eigenvalue weighted by Gasteiger charge is 2.25. The van der Waals surface area contributed by atoms with Crippen LogP contribution in [0.3, 0.4) is 0 Å². The van der Waals surface area contributed by atoms with Crippen LogP contribution in [0.25, 0.3) is 0 Å². The third kappa shape index (κ3) is 3.30. The van der Waals surface area contributed by atoms with E-state index in [2.05, 4.69) is 21.2 Å². The van der Waals surface area contributed by atoms with Gasteiger partial charge in [-0.05, 0) is 43.3 Å². The molecule has 112 valence electrons. The predicted molar refractivity (Wildman–Crippen MR) is 80.7 cm³/mol. The lowest BCUT2D eigenvalue weighted by Crippen LogP contribution is -2.25. The van der Waals surface area contributed by atoms with Gasteiger partial charge in [0.2, 0.25) is 0 Å². The molecule has 1 N–H and O–H groups in total. The average molecular weight is 358 g/mol. The number of benzene rings is 2. The van der Waals surface area contributed by atoms with Gasteiger partial charge in [0, 0.05) is 15.6 Å². The fourth-order valence-electron chi connectivity index (χ4n) is 2.25. The van der Waals surface area contributed by atoms with Gasteiger partial charge < -0.3 is 5.32 Å². The summed E-state index contributed by atoms with van der Waals surface area (Å²) >= 11 is 3.26. The molecule has 5 heteroatoms. The maximum atomic E-state index is 14.3. The Kier molecular flexibility index (Phi) is 5.06. The van der Waals surface area contributed by atoms with E-state index in [0.717, 1.165) is 0 Å². The van der Waals surface area contributed by atoms with Gasteiger partial charge in [-0.1, -0.05) is 28.9 Å². The van der Waals surface area contributed by atoms with Crippen molar-refractivity contribution in [1.29, 1.82) is 0 Å². The second kappa shape index (κ2) is 6.62. The summed E-state index contributed by atoms with van der Waals surface area (Å²) < 4.78 is 43.2. The molecule has 0 aliphatic carbocycles. The van der Waals surface area contributed by atoms with Crippen molar-refractivity contribution < 1.29 is 13.2 Å². The van der Waals surface area contributed by atoms with E-state index in [4.69, 9.17) is 0 Å². The molecule has 0 radical (unpaired) electrons. The van der Waals surface area contributed by atoms with E-state index in [9.17, 15) is 13.2 Å². The molecule has 0 heterocycles. The van der Waals surface area contributed by atoms with Crippen LogP contribution in [0.1, 0.15) is 29.7 Å². The van der Waals surface area contributed by atoms with Gasteiger partial charge in [-0.2, -0.15) is 0 Å². The largest absolute Gasteiger partial charge is 0.306 e. The standard InChI is InChI=1S/C16H15BrF3N/c1-3-21-16(11-8-10(17)5-7-12(11)18)14-13(19)6-4-9(2)15(14)20/h4-8,16,21H,3H2,1-2H3. The summed E-state index contributed by atoms with van der Waals surface area (Å²) in [5.74, 6) is -1.85. The Balaban J connectivity index is 2.64. The van der Waals surface area contributed by atoms with Crippen molar-refractivity contribution in [2.75, 3.05) is 6.54 Å². The fourth-order valence-corrected chi connectivity index (χ4v) is 2.63. The summed E-state index contributed by atoms with van der Waals surface area (Å²) in [5.41, 5.74) is 0.369. The first kappa shape index (κ1) is 16.0. The van der Waals surface area contributed by atoms with Crippen molar-refractivity contribution in [3.63, 3.8) is 0 Å². The minimum absolute atomic E-state index is 0.158. The molecule has 0 fully saturated rings. The Hall–Kier alpha value is -1.33. The van der Waals surface area contributed by atoms with Crippen molar-refractivity contribution in [2.24, 2.45) is 0 Å². The lowest BCUT2D eigenvalue weighted by atomic mass is 9.95. The first-order valence-corrected chi connectivity index (χ1v) is 7.37. The highest BCUT2D eigenvalue weighted by molar-refractivity contribution is 9.10. The van der Waals surface area contributed by atoms with Crippen molar-refractivity contribution >= 4 is 15.9 Å². The summed E-state index contributed by atoms with van der Waals surface area (Å²) in [7, 11) is 0. The zero-order valence-corrected chi connectivity index (χ0v) is 13.3. The van der Waals surface area contributed by atoms with Crippen LogP contribution in [0, 0.1) is 24.4 Å². The third-order valence-corrected chi connectivity index (χ3v) is 3.78. The number of hydrogen-bond donors (Lipinski definition) is 1. The first-order chi connectivity index (χ1) is 9.95. The Morgan fingerprint density at radius 3 is 2.43 bits per heavy atom. The highest BCUT2D eigenvalue weighted by Crippen LogP contribution is 2.31. The summed E-state index contributed by atoms with van der Waals surface area (Å²) in [4.78, 5) is 0. The second-order valence-electron chi connectivity index (χ2n) is 4.75. The Labute approximate surface area is 130 Å². The minimum atomic E-state index is -0.882. The van der Waals surface area contributed by atoms with E-state index in [-0.39, 0.29) is 11.1 Å². The first-order valence-electron chi connectivity index (χ1n) is 6.58. The van der Waals surface area contributed by atoms with Crippen LogP contribution >= 0.6 is 15.9 Å². The molecule has 0 aliphatic rings. The maximum Gasteiger partial charge on any atom is 0.134 e. The van der Waals surface area contributed by atoms with Crippen LogP contribution in [0.15, 0.2) is 34.8 Å². The van der Waals surface area contributed by atoms with Gasteiger partial charge in [-0.25, -0.2) is 13.2 Å². The lowest BCUT2D eigenvalue weighted by Gasteiger charge is -2.21. The molecular weight excluding hydrogens is 343 g/mol. The normalized spacial score (nSPS) is 12.5. The van der Waals surface area contributed by atoms with Gasteiger partial charge in [0.25, 0.3) is 0 Å². The van der Waals surface area contributed by atoms with Gasteiger partial charge in [-0.3, -0.25) is 0 Å². The molecule has 0 saturated heterocycles. The molecule has 2 aromatic rings. The van der Waals surface area contributed by atoms with Gasteiger partial charge >= 0.3 is 0 Å². The smallest absolute Gasteiger partial charge is 0.134 e. The molecule has 0 amide bonds. The average Bonchev–Trinajstić information content (AvgIpc) is 2.45. The fraction of sp³-hybridized carbons (Fsp3) is 0.250. The van der Waals surface area contributed by atoms with Crippen molar-refractivity contribution in [3.05, 3.63) is 68.9 Å². The summed E-state index contributed by atoms with van der Waals surface area (Å²) in [5, 5.41) is 2.95. The van der Waals surface area contributed by atoms with Crippen molar-refractivity contribution in [2.45, 2.75) is 19.9 Å². The Morgan fingerprint density at radius 1 is 1.10 bits per heavy atom. The number of halogens is 4. The van der Waals surface area contributed by atoms with E-state index in [0.29, 0.717) is 16.6 Å². The molecule has 0 spiro atoms. The molecule has 0 aromatic heterocycles. The molecular formula is C16H15BrF3N. The van der Waals surface area contributed by atoms with Crippen LogP contribution in [-0.2, 0) is 0 Å². The molecule has 2 aromatic carbocycles. The summed E-state index contributed by atoms with van der Waals surface area (Å²) in [6.45, 7) is 3.80. The Bertz CT molecular complexity index is 658. The van der Waals surface area contributed by atoms with Gasteiger partial charge in [0.05, 0.1) is 6.04 Å². The second-order valence-corrected chi connectivity index (χ2v) is 5.66. The monoisotopic (exact) mass is 357 g/mol. The Morgan fingerprint density at radius 2 is 1.76 bits per heavy atom. The lowest BCUT2D eigenvalue weighted by molar-refractivity contribution is 0.492. The van der Waals surface area contributed by atoms with Crippen LogP contribution in [0.2, 0.25) is 0 Å². The third-order valence-electron chi connectivity index (χ3n) is 3.29. The van der Waals surface area contributed by atoms with Crippen LogP contribution in [0.4, 0.5) is 13.2 Å². The molecule has 1 atom stereocenters. The molecule has 0 bridgehead atoms. The number of hydrogen-bond acceptors (Lipinski definition) is 1. The van der Waals surface area contributed by atoms with Gasteiger partial charge in [0.1, 0.15) is 17.5 Å². The van der Waals surface area contributed by atoms with Crippen LogP contribution < -0.4 is 5.32 Å². The summed E-state index contributed by atoms with van der Waals surface area (Å²) in [6, 6.07) is 6.04. The van der Waals surface area contributed by atoms with Crippen molar-refractivity contribution in [1.82, 2.24) is 5.32 Å². The van der Waals surface area contributed by atoms with Crippen LogP contribution in [-0.4, -0.2) is 6.54 Å². The van der Waals surface area contributed by atoms with E-state index >= 15 is 0 Å². The molecule has 21 heavy (non-hydrogen) atoms. The zero-order valence-electron chi connectivity index (χ0n) is 11.7. The van der Waals surface area contributed by atoms with Gasteiger partial charge in [-0.15, -0.1) is 0 Å². The summed E-state index contributed by atoms with van der Waals surface area (Å²) in [6.07, 6.45) is 0. The molecule has 1 unspecified atom stereocenters.